The van der Waals surface area contributed by atoms with Crippen molar-refractivity contribution in [3.05, 3.63) is 23.8 Å². The second-order valence-electron chi connectivity index (χ2n) is 7.19. The van der Waals surface area contributed by atoms with Gasteiger partial charge in [-0.1, -0.05) is 0 Å². The third-order valence-electron chi connectivity index (χ3n) is 5.50. The summed E-state index contributed by atoms with van der Waals surface area (Å²) in [6.45, 7) is 1.42. The molecule has 2 amide bonds. The number of likely N-dealkylation sites (tertiary alicyclic amines) is 2. The molecule has 1 unspecified atom stereocenters. The van der Waals surface area contributed by atoms with Gasteiger partial charge in [0, 0.05) is 25.2 Å². The largest absolute Gasteiger partial charge is 0.481 e. The van der Waals surface area contributed by atoms with Crippen LogP contribution in [0.1, 0.15) is 36.0 Å². The van der Waals surface area contributed by atoms with E-state index in [-0.39, 0.29) is 25.2 Å². The highest BCUT2D eigenvalue weighted by molar-refractivity contribution is 5.98. The summed E-state index contributed by atoms with van der Waals surface area (Å²) >= 11 is 0. The smallest absolute Gasteiger partial charge is 0.308 e. The predicted molar refractivity (Wildman–Crippen MR) is 93.6 cm³/mol. The first kappa shape index (κ1) is 17.6. The minimum atomic E-state index is -0.868. The molecule has 27 heavy (non-hydrogen) atoms. The quantitative estimate of drug-likeness (QED) is 0.858. The van der Waals surface area contributed by atoms with Crippen LogP contribution >= 0.6 is 0 Å². The molecule has 4 rings (SSSR count). The fourth-order valence-corrected chi connectivity index (χ4v) is 4.05. The second-order valence-corrected chi connectivity index (χ2v) is 7.19. The number of rotatable bonds is 3. The number of hydrogen-bond donors (Lipinski definition) is 1. The molecule has 3 aliphatic rings. The zero-order valence-electron chi connectivity index (χ0n) is 14.9. The van der Waals surface area contributed by atoms with Crippen molar-refractivity contribution >= 4 is 17.8 Å². The molecule has 1 N–H and O–H groups in total. The number of nitrogens with zero attached hydrogens (tertiary/aromatic N) is 2. The molecule has 3 aliphatic heterocycles. The summed E-state index contributed by atoms with van der Waals surface area (Å²) in [7, 11) is 0. The molecule has 1 aromatic carbocycles. The third kappa shape index (κ3) is 3.31. The monoisotopic (exact) mass is 374 g/mol. The molecule has 2 fully saturated rings. The van der Waals surface area contributed by atoms with Crippen LogP contribution in [0.3, 0.4) is 0 Å². The number of hydrogen-bond acceptors (Lipinski definition) is 5. The molecule has 3 heterocycles. The van der Waals surface area contributed by atoms with E-state index in [1.807, 2.05) is 0 Å². The number of amides is 2. The highest BCUT2D eigenvalue weighted by atomic mass is 16.7. The Balaban J connectivity index is 1.49. The number of aliphatic carboxylic acids is 1. The molecule has 2 atom stereocenters. The lowest BCUT2D eigenvalue weighted by Gasteiger charge is -2.34. The molecule has 1 aromatic rings. The van der Waals surface area contributed by atoms with Gasteiger partial charge in [0.1, 0.15) is 6.04 Å². The lowest BCUT2D eigenvalue weighted by Crippen LogP contribution is -2.51. The van der Waals surface area contributed by atoms with Gasteiger partial charge in [-0.25, -0.2) is 0 Å². The maximum atomic E-state index is 13.0. The van der Waals surface area contributed by atoms with Gasteiger partial charge >= 0.3 is 5.97 Å². The van der Waals surface area contributed by atoms with E-state index < -0.39 is 17.9 Å². The van der Waals surface area contributed by atoms with E-state index in [1.165, 1.54) is 0 Å². The van der Waals surface area contributed by atoms with Crippen LogP contribution < -0.4 is 9.47 Å². The van der Waals surface area contributed by atoms with Crippen LogP contribution in [0.2, 0.25) is 0 Å². The Bertz CT molecular complexity index is 779. The fraction of sp³-hybridized carbons (Fsp3) is 0.526. The SMILES string of the molecule is O=C(O)[C@H]1CCCN(C(=O)C2CCCN2C(=O)c2ccc3c(c2)OCO3)C1. The summed E-state index contributed by atoms with van der Waals surface area (Å²) in [4.78, 5) is 40.5. The number of carboxylic acids is 1. The van der Waals surface area contributed by atoms with Crippen molar-refractivity contribution in [1.82, 2.24) is 9.80 Å². The van der Waals surface area contributed by atoms with Crippen LogP contribution in [-0.2, 0) is 9.59 Å². The summed E-state index contributed by atoms with van der Waals surface area (Å²) in [5.41, 5.74) is 0.459. The maximum Gasteiger partial charge on any atom is 0.308 e. The average Bonchev–Trinajstić information content (AvgIpc) is 3.35. The van der Waals surface area contributed by atoms with E-state index >= 15 is 0 Å². The molecule has 0 bridgehead atoms. The molecular formula is C19H22N2O6. The van der Waals surface area contributed by atoms with Gasteiger partial charge in [-0.3, -0.25) is 14.4 Å². The van der Waals surface area contributed by atoms with Crippen LogP contribution in [0.4, 0.5) is 0 Å². The zero-order chi connectivity index (χ0) is 19.0. The second kappa shape index (κ2) is 7.09. The zero-order valence-corrected chi connectivity index (χ0v) is 14.9. The van der Waals surface area contributed by atoms with Crippen molar-refractivity contribution in [3.8, 4) is 11.5 Å². The first-order valence-electron chi connectivity index (χ1n) is 9.27. The summed E-state index contributed by atoms with van der Waals surface area (Å²) in [5.74, 6) is -0.616. The van der Waals surface area contributed by atoms with Gasteiger partial charge in [0.15, 0.2) is 11.5 Å². The molecule has 0 aromatic heterocycles. The van der Waals surface area contributed by atoms with Gasteiger partial charge in [0.05, 0.1) is 5.92 Å². The number of carbonyl (C=O) groups is 3. The normalized spacial score (nSPS) is 24.1. The van der Waals surface area contributed by atoms with Crippen molar-refractivity contribution in [2.24, 2.45) is 5.92 Å². The van der Waals surface area contributed by atoms with Crippen molar-refractivity contribution in [2.45, 2.75) is 31.7 Å². The van der Waals surface area contributed by atoms with E-state index in [0.29, 0.717) is 49.4 Å². The van der Waals surface area contributed by atoms with E-state index in [1.54, 1.807) is 28.0 Å². The molecule has 0 saturated carbocycles. The predicted octanol–water partition coefficient (Wildman–Crippen LogP) is 1.34. The Labute approximate surface area is 156 Å². The Morgan fingerprint density at radius 1 is 1.04 bits per heavy atom. The lowest BCUT2D eigenvalue weighted by atomic mass is 9.97. The van der Waals surface area contributed by atoms with Gasteiger partial charge in [-0.2, -0.15) is 0 Å². The van der Waals surface area contributed by atoms with Crippen molar-refractivity contribution in [1.29, 1.82) is 0 Å². The lowest BCUT2D eigenvalue weighted by molar-refractivity contribution is -0.146. The first-order valence-corrected chi connectivity index (χ1v) is 9.27. The minimum absolute atomic E-state index is 0.136. The van der Waals surface area contributed by atoms with Crippen LogP contribution in [0.25, 0.3) is 0 Å². The van der Waals surface area contributed by atoms with Gasteiger partial charge in [0.25, 0.3) is 5.91 Å². The van der Waals surface area contributed by atoms with Gasteiger partial charge in [-0.05, 0) is 43.9 Å². The molecule has 0 aliphatic carbocycles. The van der Waals surface area contributed by atoms with Crippen molar-refractivity contribution in [3.63, 3.8) is 0 Å². The summed E-state index contributed by atoms with van der Waals surface area (Å²) in [6, 6.07) is 4.49. The third-order valence-corrected chi connectivity index (χ3v) is 5.50. The number of benzene rings is 1. The number of carboxylic acid groups (broad SMARTS) is 1. The van der Waals surface area contributed by atoms with Gasteiger partial charge in [-0.15, -0.1) is 0 Å². The minimum Gasteiger partial charge on any atom is -0.481 e. The molecule has 144 valence electrons. The number of piperidine rings is 1. The van der Waals surface area contributed by atoms with Gasteiger partial charge in [0.2, 0.25) is 12.7 Å². The number of ether oxygens (including phenoxy) is 2. The van der Waals surface area contributed by atoms with Crippen LogP contribution in [-0.4, -0.2) is 65.2 Å². The summed E-state index contributed by atoms with van der Waals surface area (Å²) in [6.07, 6.45) is 2.61. The van der Waals surface area contributed by atoms with E-state index in [9.17, 15) is 19.5 Å². The van der Waals surface area contributed by atoms with E-state index in [0.717, 1.165) is 6.42 Å². The first-order chi connectivity index (χ1) is 13.0. The molecule has 0 radical (unpaired) electrons. The molecule has 8 heteroatoms. The standard InChI is InChI=1S/C19H22N2O6/c22-17(12-5-6-15-16(9-12)27-11-26-15)21-8-2-4-14(21)18(23)20-7-1-3-13(10-20)19(24)25/h5-6,9,13-14H,1-4,7-8,10-11H2,(H,24,25)/t13-,14?/m0/s1. The van der Waals surface area contributed by atoms with Gasteiger partial charge < -0.3 is 24.4 Å². The Morgan fingerprint density at radius 2 is 1.81 bits per heavy atom. The highest BCUT2D eigenvalue weighted by Gasteiger charge is 2.39. The Morgan fingerprint density at radius 3 is 2.63 bits per heavy atom. The maximum absolute atomic E-state index is 13.0. The number of carbonyl (C=O) groups excluding carboxylic acids is 2. The Kier molecular flexibility index (Phi) is 4.63. The highest BCUT2D eigenvalue weighted by Crippen LogP contribution is 2.33. The topological polar surface area (TPSA) is 96.4 Å². The summed E-state index contributed by atoms with van der Waals surface area (Å²) < 4.78 is 10.6. The fourth-order valence-electron chi connectivity index (χ4n) is 4.05. The van der Waals surface area contributed by atoms with Crippen molar-refractivity contribution < 1.29 is 29.0 Å². The van der Waals surface area contributed by atoms with Crippen LogP contribution in [0, 0.1) is 5.92 Å². The van der Waals surface area contributed by atoms with Crippen LogP contribution in [0.5, 0.6) is 11.5 Å². The van der Waals surface area contributed by atoms with Crippen LogP contribution in [0.15, 0.2) is 18.2 Å². The molecule has 0 spiro atoms. The average molecular weight is 374 g/mol. The van der Waals surface area contributed by atoms with E-state index in [4.69, 9.17) is 9.47 Å². The molecule has 8 nitrogen and oxygen atoms in total. The number of fused-ring (bicyclic) bond motifs is 1. The molecule has 2 saturated heterocycles. The summed E-state index contributed by atoms with van der Waals surface area (Å²) in [5, 5.41) is 9.24. The van der Waals surface area contributed by atoms with E-state index in [2.05, 4.69) is 0 Å². The van der Waals surface area contributed by atoms with Crippen molar-refractivity contribution in [2.75, 3.05) is 26.4 Å². The molecular weight excluding hydrogens is 352 g/mol. The Hall–Kier alpha value is -2.77.